The number of halogens is 3. The van der Waals surface area contributed by atoms with Crippen LogP contribution in [0, 0.1) is 0 Å². The van der Waals surface area contributed by atoms with E-state index in [1.54, 1.807) is 12.1 Å². The molecule has 106 valence electrons. The number of aryl methyl sites for hydroxylation is 1. The van der Waals surface area contributed by atoms with Gasteiger partial charge in [0, 0.05) is 6.07 Å². The first-order chi connectivity index (χ1) is 9.40. The van der Waals surface area contributed by atoms with Gasteiger partial charge in [-0.05, 0) is 42.3 Å². The lowest BCUT2D eigenvalue weighted by molar-refractivity contribution is -0.137. The summed E-state index contributed by atoms with van der Waals surface area (Å²) in [6.45, 7) is 1.91. The van der Waals surface area contributed by atoms with Crippen molar-refractivity contribution in [1.82, 2.24) is 0 Å². The lowest BCUT2D eigenvalue weighted by atomic mass is 10.1. The molecule has 0 saturated carbocycles. The molecule has 2 aromatic rings. The standard InChI is InChI=1S/C15H13F3O2/c1-2-10-3-6-13(9-14(10)19)20-12-7-4-11(5-8-12)15(16,17)18/h3-9,19H,2H2,1H3. The van der Waals surface area contributed by atoms with Crippen molar-refractivity contribution in [3.05, 3.63) is 53.6 Å². The highest BCUT2D eigenvalue weighted by Crippen LogP contribution is 2.32. The minimum atomic E-state index is -4.36. The Balaban J connectivity index is 2.16. The summed E-state index contributed by atoms with van der Waals surface area (Å²) in [5.74, 6) is 0.762. The van der Waals surface area contributed by atoms with Crippen molar-refractivity contribution in [2.45, 2.75) is 19.5 Å². The molecule has 0 radical (unpaired) electrons. The molecule has 0 bridgehead atoms. The Morgan fingerprint density at radius 3 is 2.10 bits per heavy atom. The van der Waals surface area contributed by atoms with Crippen molar-refractivity contribution in [2.75, 3.05) is 0 Å². The Labute approximate surface area is 114 Å². The fourth-order valence-electron chi connectivity index (χ4n) is 1.75. The van der Waals surface area contributed by atoms with E-state index in [1.165, 1.54) is 18.2 Å². The molecule has 2 nitrogen and oxygen atoms in total. The lowest BCUT2D eigenvalue weighted by Crippen LogP contribution is -2.03. The van der Waals surface area contributed by atoms with E-state index in [9.17, 15) is 18.3 Å². The molecular formula is C15H13F3O2. The van der Waals surface area contributed by atoms with Crippen LogP contribution in [-0.4, -0.2) is 5.11 Å². The molecule has 0 saturated heterocycles. The second-order valence-electron chi connectivity index (χ2n) is 4.27. The Kier molecular flexibility index (Phi) is 3.88. The van der Waals surface area contributed by atoms with E-state index in [-0.39, 0.29) is 11.5 Å². The minimum Gasteiger partial charge on any atom is -0.508 e. The van der Waals surface area contributed by atoms with Gasteiger partial charge >= 0.3 is 6.18 Å². The van der Waals surface area contributed by atoms with E-state index in [4.69, 9.17) is 4.74 Å². The summed E-state index contributed by atoms with van der Waals surface area (Å²) in [7, 11) is 0. The molecule has 0 amide bonds. The maximum atomic E-state index is 12.4. The van der Waals surface area contributed by atoms with Gasteiger partial charge in [0.1, 0.15) is 17.2 Å². The highest BCUT2D eigenvalue weighted by molar-refractivity contribution is 5.42. The van der Waals surface area contributed by atoms with Crippen molar-refractivity contribution in [1.29, 1.82) is 0 Å². The predicted molar refractivity (Wildman–Crippen MR) is 69.0 cm³/mol. The van der Waals surface area contributed by atoms with Gasteiger partial charge in [-0.1, -0.05) is 13.0 Å². The van der Waals surface area contributed by atoms with Gasteiger partial charge < -0.3 is 9.84 Å². The molecule has 0 spiro atoms. The quantitative estimate of drug-likeness (QED) is 0.879. The molecule has 0 atom stereocenters. The zero-order valence-electron chi connectivity index (χ0n) is 10.7. The Morgan fingerprint density at radius 2 is 1.60 bits per heavy atom. The molecule has 5 heteroatoms. The summed E-state index contributed by atoms with van der Waals surface area (Å²) in [5, 5.41) is 9.69. The molecule has 20 heavy (non-hydrogen) atoms. The second-order valence-corrected chi connectivity index (χ2v) is 4.27. The van der Waals surface area contributed by atoms with Crippen LogP contribution in [0.25, 0.3) is 0 Å². The topological polar surface area (TPSA) is 29.5 Å². The number of phenolic OH excluding ortho intramolecular Hbond substituents is 1. The normalized spacial score (nSPS) is 11.4. The van der Waals surface area contributed by atoms with Gasteiger partial charge in [0.2, 0.25) is 0 Å². The summed E-state index contributed by atoms with van der Waals surface area (Å²) in [5.41, 5.74) is 0.0544. The van der Waals surface area contributed by atoms with Gasteiger partial charge in [-0.15, -0.1) is 0 Å². The van der Waals surface area contributed by atoms with Crippen molar-refractivity contribution in [3.8, 4) is 17.2 Å². The average molecular weight is 282 g/mol. The first-order valence-corrected chi connectivity index (χ1v) is 6.07. The third kappa shape index (κ3) is 3.23. The van der Waals surface area contributed by atoms with E-state index in [1.807, 2.05) is 6.92 Å². The summed E-state index contributed by atoms with van der Waals surface area (Å²) in [6.07, 6.45) is -3.67. The number of rotatable bonds is 3. The van der Waals surface area contributed by atoms with Crippen molar-refractivity contribution >= 4 is 0 Å². The SMILES string of the molecule is CCc1ccc(Oc2ccc(C(F)(F)F)cc2)cc1O. The zero-order valence-corrected chi connectivity index (χ0v) is 10.7. The number of benzene rings is 2. The molecule has 0 aromatic heterocycles. The van der Waals surface area contributed by atoms with Gasteiger partial charge in [-0.2, -0.15) is 13.2 Å². The summed E-state index contributed by atoms with van der Waals surface area (Å²) in [4.78, 5) is 0. The number of hydrogen-bond acceptors (Lipinski definition) is 2. The van der Waals surface area contributed by atoms with E-state index >= 15 is 0 Å². The van der Waals surface area contributed by atoms with E-state index < -0.39 is 11.7 Å². The fraction of sp³-hybridized carbons (Fsp3) is 0.200. The van der Waals surface area contributed by atoms with Crippen LogP contribution in [0.2, 0.25) is 0 Å². The smallest absolute Gasteiger partial charge is 0.416 e. The third-order valence-corrected chi connectivity index (χ3v) is 2.86. The number of alkyl halides is 3. The van der Waals surface area contributed by atoms with Crippen LogP contribution < -0.4 is 4.74 Å². The number of hydrogen-bond donors (Lipinski definition) is 1. The van der Waals surface area contributed by atoms with Crippen LogP contribution in [0.15, 0.2) is 42.5 Å². The first kappa shape index (κ1) is 14.2. The van der Waals surface area contributed by atoms with Crippen LogP contribution in [0.1, 0.15) is 18.1 Å². The minimum absolute atomic E-state index is 0.108. The zero-order chi connectivity index (χ0) is 14.8. The van der Waals surface area contributed by atoms with Crippen molar-refractivity contribution in [3.63, 3.8) is 0 Å². The highest BCUT2D eigenvalue weighted by Gasteiger charge is 2.30. The molecule has 1 N–H and O–H groups in total. The average Bonchev–Trinajstić information content (AvgIpc) is 2.38. The van der Waals surface area contributed by atoms with Crippen LogP contribution in [0.3, 0.4) is 0 Å². The highest BCUT2D eigenvalue weighted by atomic mass is 19.4. The summed E-state index contributed by atoms with van der Waals surface area (Å²) < 4.78 is 42.6. The number of phenols is 1. The molecular weight excluding hydrogens is 269 g/mol. The van der Waals surface area contributed by atoms with Crippen molar-refractivity contribution in [2.24, 2.45) is 0 Å². The maximum Gasteiger partial charge on any atom is 0.416 e. The van der Waals surface area contributed by atoms with Crippen LogP contribution in [0.4, 0.5) is 13.2 Å². The Bertz CT molecular complexity index is 589. The largest absolute Gasteiger partial charge is 0.508 e. The molecule has 2 rings (SSSR count). The van der Waals surface area contributed by atoms with Crippen LogP contribution >= 0.6 is 0 Å². The molecule has 2 aromatic carbocycles. The van der Waals surface area contributed by atoms with E-state index in [0.717, 1.165) is 17.7 Å². The van der Waals surface area contributed by atoms with Gasteiger partial charge in [0.25, 0.3) is 0 Å². The Hall–Kier alpha value is -2.17. The third-order valence-electron chi connectivity index (χ3n) is 2.86. The maximum absolute atomic E-state index is 12.4. The monoisotopic (exact) mass is 282 g/mol. The van der Waals surface area contributed by atoms with E-state index in [0.29, 0.717) is 12.2 Å². The summed E-state index contributed by atoms with van der Waals surface area (Å²) >= 11 is 0. The van der Waals surface area contributed by atoms with E-state index in [2.05, 4.69) is 0 Å². The second kappa shape index (κ2) is 5.45. The van der Waals surface area contributed by atoms with Crippen molar-refractivity contribution < 1.29 is 23.0 Å². The van der Waals surface area contributed by atoms with Gasteiger partial charge in [0.05, 0.1) is 5.56 Å². The lowest BCUT2D eigenvalue weighted by Gasteiger charge is -2.10. The van der Waals surface area contributed by atoms with Gasteiger partial charge in [0.15, 0.2) is 0 Å². The van der Waals surface area contributed by atoms with Crippen LogP contribution in [0.5, 0.6) is 17.2 Å². The molecule has 0 unspecified atom stereocenters. The predicted octanol–water partition coefficient (Wildman–Crippen LogP) is 4.77. The first-order valence-electron chi connectivity index (χ1n) is 6.07. The molecule has 0 aliphatic rings. The van der Waals surface area contributed by atoms with Gasteiger partial charge in [-0.25, -0.2) is 0 Å². The summed E-state index contributed by atoms with van der Waals surface area (Å²) in [6, 6.07) is 9.22. The number of ether oxygens (including phenoxy) is 1. The molecule has 0 aliphatic heterocycles. The van der Waals surface area contributed by atoms with Crippen LogP contribution in [-0.2, 0) is 12.6 Å². The molecule has 0 heterocycles. The number of aromatic hydroxyl groups is 1. The van der Waals surface area contributed by atoms with Gasteiger partial charge in [-0.3, -0.25) is 0 Å². The fourth-order valence-corrected chi connectivity index (χ4v) is 1.75. The molecule has 0 aliphatic carbocycles. The Morgan fingerprint density at radius 1 is 1.00 bits per heavy atom. The molecule has 0 fully saturated rings.